The number of rotatable bonds is 8. The third-order valence-corrected chi connectivity index (χ3v) is 6.99. The molecule has 3 aromatic carbocycles. The molecule has 1 N–H and O–H groups in total. The highest BCUT2D eigenvalue weighted by Crippen LogP contribution is 2.32. The van der Waals surface area contributed by atoms with Crippen molar-refractivity contribution >= 4 is 27.3 Å². The van der Waals surface area contributed by atoms with Gasteiger partial charge in [0.15, 0.2) is 11.5 Å². The van der Waals surface area contributed by atoms with Crippen LogP contribution in [0.15, 0.2) is 65.6 Å². The van der Waals surface area contributed by atoms with E-state index in [1.807, 2.05) is 39.0 Å². The molecule has 3 aromatic rings. The first kappa shape index (κ1) is 24.1. The van der Waals surface area contributed by atoms with Crippen LogP contribution in [0.3, 0.4) is 0 Å². The van der Waals surface area contributed by atoms with E-state index in [-0.39, 0.29) is 10.6 Å². The van der Waals surface area contributed by atoms with Gasteiger partial charge in [-0.1, -0.05) is 29.8 Å². The maximum Gasteiger partial charge on any atom is 0.264 e. The predicted octanol–water partition coefficient (Wildman–Crippen LogP) is 4.46. The smallest absolute Gasteiger partial charge is 0.264 e. The molecule has 0 spiro atoms. The Kier molecular flexibility index (Phi) is 7.28. The van der Waals surface area contributed by atoms with Crippen LogP contribution in [0.4, 0.5) is 11.4 Å². The molecule has 0 aliphatic heterocycles. The monoisotopic (exact) mass is 468 g/mol. The van der Waals surface area contributed by atoms with E-state index in [2.05, 4.69) is 5.32 Å². The van der Waals surface area contributed by atoms with Crippen molar-refractivity contribution in [1.82, 2.24) is 0 Å². The molecule has 1 amide bonds. The number of benzene rings is 3. The first-order valence-corrected chi connectivity index (χ1v) is 11.8. The summed E-state index contributed by atoms with van der Waals surface area (Å²) >= 11 is 0. The van der Waals surface area contributed by atoms with Crippen molar-refractivity contribution in [2.24, 2.45) is 0 Å². The number of aryl methyl sites for hydroxylation is 3. The standard InChI is InChI=1S/C25H28N2O5S/c1-17-7-10-20(11-8-17)27(16-25(28)26-22-14-18(2)6-9-19(22)3)33(29,30)21-12-13-23(31-4)24(15-21)32-5/h6-15H,16H2,1-5H3,(H,26,28). The number of methoxy groups -OCH3 is 2. The topological polar surface area (TPSA) is 84.9 Å². The van der Waals surface area contributed by atoms with Gasteiger partial charge in [0.05, 0.1) is 24.8 Å². The van der Waals surface area contributed by atoms with E-state index in [1.54, 1.807) is 24.3 Å². The molecular weight excluding hydrogens is 440 g/mol. The molecule has 0 radical (unpaired) electrons. The number of carbonyl (C=O) groups is 1. The molecule has 0 saturated heterocycles. The van der Waals surface area contributed by atoms with Crippen LogP contribution in [0.1, 0.15) is 16.7 Å². The number of amides is 1. The van der Waals surface area contributed by atoms with Gasteiger partial charge in [-0.25, -0.2) is 8.42 Å². The largest absolute Gasteiger partial charge is 0.493 e. The Labute approximate surface area is 195 Å². The Balaban J connectivity index is 2.00. The Bertz CT molecular complexity index is 1250. The van der Waals surface area contributed by atoms with E-state index in [1.165, 1.54) is 32.4 Å². The number of ether oxygens (including phenoxy) is 2. The molecule has 0 fully saturated rings. The zero-order valence-corrected chi connectivity index (χ0v) is 20.2. The van der Waals surface area contributed by atoms with Gasteiger partial charge in [-0.15, -0.1) is 0 Å². The number of carbonyl (C=O) groups excluding carboxylic acids is 1. The summed E-state index contributed by atoms with van der Waals surface area (Å²) in [5, 5.41) is 2.84. The number of anilines is 2. The van der Waals surface area contributed by atoms with Crippen LogP contribution < -0.4 is 19.1 Å². The van der Waals surface area contributed by atoms with Crippen LogP contribution in [-0.4, -0.2) is 35.1 Å². The minimum atomic E-state index is -4.09. The Morgan fingerprint density at radius 3 is 2.12 bits per heavy atom. The first-order chi connectivity index (χ1) is 15.6. The van der Waals surface area contributed by atoms with E-state index in [0.717, 1.165) is 21.0 Å². The predicted molar refractivity (Wildman–Crippen MR) is 130 cm³/mol. The van der Waals surface area contributed by atoms with Gasteiger partial charge in [0.1, 0.15) is 6.54 Å². The maximum atomic E-state index is 13.6. The minimum Gasteiger partial charge on any atom is -0.493 e. The molecule has 0 aliphatic carbocycles. The molecule has 3 rings (SSSR count). The van der Waals surface area contributed by atoms with Crippen LogP contribution in [0.25, 0.3) is 0 Å². The van der Waals surface area contributed by atoms with Crippen molar-refractivity contribution in [2.75, 3.05) is 30.4 Å². The zero-order chi connectivity index (χ0) is 24.2. The molecule has 0 atom stereocenters. The third-order valence-electron chi connectivity index (χ3n) is 5.22. The SMILES string of the molecule is COc1ccc(S(=O)(=O)N(CC(=O)Nc2cc(C)ccc2C)c2ccc(C)cc2)cc1OC. The lowest BCUT2D eigenvalue weighted by molar-refractivity contribution is -0.114. The van der Waals surface area contributed by atoms with Gasteiger partial charge in [-0.3, -0.25) is 9.10 Å². The van der Waals surface area contributed by atoms with Crippen LogP contribution in [-0.2, 0) is 14.8 Å². The second kappa shape index (κ2) is 9.95. The minimum absolute atomic E-state index is 0.0136. The third kappa shape index (κ3) is 5.46. The molecule has 33 heavy (non-hydrogen) atoms. The summed E-state index contributed by atoms with van der Waals surface area (Å²) in [6, 6.07) is 17.0. The van der Waals surface area contributed by atoms with Crippen molar-refractivity contribution in [3.8, 4) is 11.5 Å². The Hall–Kier alpha value is -3.52. The number of hydrogen-bond donors (Lipinski definition) is 1. The van der Waals surface area contributed by atoms with Crippen molar-refractivity contribution in [3.63, 3.8) is 0 Å². The van der Waals surface area contributed by atoms with Gasteiger partial charge in [-0.2, -0.15) is 0 Å². The molecule has 7 nitrogen and oxygen atoms in total. The summed E-state index contributed by atoms with van der Waals surface area (Å²) < 4.78 is 38.9. The molecule has 0 aliphatic rings. The summed E-state index contributed by atoms with van der Waals surface area (Å²) in [4.78, 5) is 13.0. The maximum absolute atomic E-state index is 13.6. The molecule has 8 heteroatoms. The van der Waals surface area contributed by atoms with Crippen molar-refractivity contribution in [3.05, 3.63) is 77.4 Å². The van der Waals surface area contributed by atoms with Gasteiger partial charge in [0.2, 0.25) is 5.91 Å². The molecule has 0 heterocycles. The Morgan fingerprint density at radius 1 is 0.848 bits per heavy atom. The second-order valence-electron chi connectivity index (χ2n) is 7.73. The molecule has 0 aromatic heterocycles. The summed E-state index contributed by atoms with van der Waals surface area (Å²) in [5.74, 6) is 0.238. The van der Waals surface area contributed by atoms with E-state index >= 15 is 0 Å². The van der Waals surface area contributed by atoms with Gasteiger partial charge < -0.3 is 14.8 Å². The highest BCUT2D eigenvalue weighted by atomic mass is 32.2. The van der Waals surface area contributed by atoms with E-state index in [4.69, 9.17) is 9.47 Å². The first-order valence-electron chi connectivity index (χ1n) is 10.3. The van der Waals surface area contributed by atoms with Gasteiger partial charge in [-0.05, 0) is 62.2 Å². The lowest BCUT2D eigenvalue weighted by Gasteiger charge is -2.25. The zero-order valence-electron chi connectivity index (χ0n) is 19.4. The number of hydrogen-bond acceptors (Lipinski definition) is 5. The van der Waals surface area contributed by atoms with E-state index in [0.29, 0.717) is 17.1 Å². The molecule has 0 bridgehead atoms. The average Bonchev–Trinajstić information content (AvgIpc) is 2.80. The molecule has 174 valence electrons. The highest BCUT2D eigenvalue weighted by Gasteiger charge is 2.28. The number of nitrogens with zero attached hydrogens (tertiary/aromatic N) is 1. The summed E-state index contributed by atoms with van der Waals surface area (Å²) in [7, 11) is -1.18. The van der Waals surface area contributed by atoms with Crippen LogP contribution in [0.5, 0.6) is 11.5 Å². The molecule has 0 unspecified atom stereocenters. The van der Waals surface area contributed by atoms with Crippen molar-refractivity contribution in [2.45, 2.75) is 25.7 Å². The summed E-state index contributed by atoms with van der Waals surface area (Å²) in [6.07, 6.45) is 0. The lowest BCUT2D eigenvalue weighted by atomic mass is 10.1. The van der Waals surface area contributed by atoms with Crippen molar-refractivity contribution < 1.29 is 22.7 Å². The van der Waals surface area contributed by atoms with Crippen LogP contribution in [0.2, 0.25) is 0 Å². The molecule has 0 saturated carbocycles. The quantitative estimate of drug-likeness (QED) is 0.528. The fourth-order valence-electron chi connectivity index (χ4n) is 3.32. The summed E-state index contributed by atoms with van der Waals surface area (Å²) in [6.45, 7) is 5.32. The van der Waals surface area contributed by atoms with Gasteiger partial charge in [0.25, 0.3) is 10.0 Å². The number of nitrogens with one attached hydrogen (secondary N) is 1. The fourth-order valence-corrected chi connectivity index (χ4v) is 4.76. The highest BCUT2D eigenvalue weighted by molar-refractivity contribution is 7.92. The lowest BCUT2D eigenvalue weighted by Crippen LogP contribution is -2.38. The average molecular weight is 469 g/mol. The normalized spacial score (nSPS) is 11.1. The van der Waals surface area contributed by atoms with E-state index in [9.17, 15) is 13.2 Å². The van der Waals surface area contributed by atoms with Crippen molar-refractivity contribution in [1.29, 1.82) is 0 Å². The Morgan fingerprint density at radius 2 is 1.48 bits per heavy atom. The fraction of sp³-hybridized carbons (Fsp3) is 0.240. The summed E-state index contributed by atoms with van der Waals surface area (Å²) in [5.41, 5.74) is 3.88. The van der Waals surface area contributed by atoms with Gasteiger partial charge in [0, 0.05) is 11.8 Å². The molecular formula is C25H28N2O5S. The second-order valence-corrected chi connectivity index (χ2v) is 9.59. The van der Waals surface area contributed by atoms with Crippen LogP contribution >= 0.6 is 0 Å². The van der Waals surface area contributed by atoms with E-state index < -0.39 is 22.5 Å². The van der Waals surface area contributed by atoms with Crippen LogP contribution in [0, 0.1) is 20.8 Å². The van der Waals surface area contributed by atoms with Gasteiger partial charge >= 0.3 is 0 Å². The number of sulfonamides is 1.